The minimum absolute atomic E-state index is 0.0987. The second-order valence-electron chi connectivity index (χ2n) is 4.92. The van der Waals surface area contributed by atoms with Crippen molar-refractivity contribution in [3.05, 3.63) is 20.3 Å². The first-order valence-electron chi connectivity index (χ1n) is 6.43. The van der Waals surface area contributed by atoms with Crippen LogP contribution in [0.1, 0.15) is 31.2 Å². The van der Waals surface area contributed by atoms with Crippen LogP contribution in [-0.2, 0) is 16.0 Å². The molecule has 2 N–H and O–H groups in total. The second-order valence-corrected chi connectivity index (χ2v) is 7.21. The molecule has 0 radical (unpaired) electrons. The van der Waals surface area contributed by atoms with Gasteiger partial charge in [0.25, 0.3) is 0 Å². The van der Waals surface area contributed by atoms with E-state index in [9.17, 15) is 9.59 Å². The fourth-order valence-electron chi connectivity index (χ4n) is 2.04. The van der Waals surface area contributed by atoms with E-state index in [-0.39, 0.29) is 11.8 Å². The lowest BCUT2D eigenvalue weighted by atomic mass is 10.1. The van der Waals surface area contributed by atoms with Crippen molar-refractivity contribution in [3.63, 3.8) is 0 Å². The van der Waals surface area contributed by atoms with Crippen LogP contribution < -0.4 is 5.32 Å². The molecule has 0 aromatic carbocycles. The Morgan fingerprint density at radius 3 is 2.65 bits per heavy atom. The van der Waals surface area contributed by atoms with Crippen molar-refractivity contribution >= 4 is 46.4 Å². The number of hydrogen-bond donors (Lipinski definition) is 2. The number of carboxylic acid groups (broad SMARTS) is 1. The fraction of sp³-hybridized carbons (Fsp3) is 0.538. The molecular formula is C13H15Cl2NO3S. The molecule has 1 amide bonds. The smallest absolute Gasteiger partial charge is 0.326 e. The summed E-state index contributed by atoms with van der Waals surface area (Å²) in [7, 11) is 0. The molecule has 1 unspecified atom stereocenters. The molecule has 1 aliphatic carbocycles. The number of rotatable bonds is 7. The minimum atomic E-state index is -0.950. The van der Waals surface area contributed by atoms with Crippen LogP contribution in [-0.4, -0.2) is 23.0 Å². The van der Waals surface area contributed by atoms with E-state index in [4.69, 9.17) is 28.3 Å². The zero-order chi connectivity index (χ0) is 14.7. The van der Waals surface area contributed by atoms with Crippen LogP contribution in [0.25, 0.3) is 0 Å². The number of carbonyl (C=O) groups excluding carboxylic acids is 1. The van der Waals surface area contributed by atoms with Gasteiger partial charge in [-0.15, -0.1) is 11.3 Å². The van der Waals surface area contributed by atoms with Gasteiger partial charge in [0, 0.05) is 6.42 Å². The maximum Gasteiger partial charge on any atom is 0.326 e. The molecule has 1 aliphatic rings. The number of hydrogen-bond acceptors (Lipinski definition) is 3. The Morgan fingerprint density at radius 1 is 1.45 bits per heavy atom. The molecule has 2 rings (SSSR count). The van der Waals surface area contributed by atoms with Crippen molar-refractivity contribution in [1.82, 2.24) is 5.32 Å². The lowest BCUT2D eigenvalue weighted by Gasteiger charge is -2.13. The largest absolute Gasteiger partial charge is 0.480 e. The number of carbonyl (C=O) groups is 2. The topological polar surface area (TPSA) is 66.4 Å². The normalized spacial score (nSPS) is 15.9. The summed E-state index contributed by atoms with van der Waals surface area (Å²) in [6.07, 6.45) is 3.33. The van der Waals surface area contributed by atoms with Crippen LogP contribution in [0.15, 0.2) is 6.07 Å². The quantitative estimate of drug-likeness (QED) is 0.802. The van der Waals surface area contributed by atoms with Gasteiger partial charge >= 0.3 is 5.97 Å². The van der Waals surface area contributed by atoms with E-state index in [2.05, 4.69) is 5.32 Å². The van der Waals surface area contributed by atoms with Crippen LogP contribution in [0.2, 0.25) is 8.67 Å². The summed E-state index contributed by atoms with van der Waals surface area (Å²) in [6, 6.07) is 1.07. The molecule has 110 valence electrons. The summed E-state index contributed by atoms with van der Waals surface area (Å²) in [4.78, 5) is 22.8. The number of aryl methyl sites for hydroxylation is 1. The summed E-state index contributed by atoms with van der Waals surface area (Å²) in [5.41, 5.74) is 0.937. The standard InChI is InChI=1S/C13H15Cl2NO3S/c14-9-6-8(12(15)20-9)2-1-3-10(17)16-11(13(18)19)7-4-5-7/h6-7,11H,1-5H2,(H,16,17)(H,18,19). The molecule has 1 heterocycles. The Hall–Kier alpha value is -0.780. The van der Waals surface area contributed by atoms with Gasteiger partial charge in [-0.05, 0) is 43.2 Å². The lowest BCUT2D eigenvalue weighted by molar-refractivity contribution is -0.142. The van der Waals surface area contributed by atoms with E-state index in [0.717, 1.165) is 18.4 Å². The first-order valence-corrected chi connectivity index (χ1v) is 8.00. The van der Waals surface area contributed by atoms with Crippen molar-refractivity contribution in [2.45, 2.75) is 38.1 Å². The predicted octanol–water partition coefficient (Wildman–Crippen LogP) is 3.36. The molecule has 0 spiro atoms. The van der Waals surface area contributed by atoms with Crippen LogP contribution >= 0.6 is 34.5 Å². The Labute approximate surface area is 131 Å². The molecule has 7 heteroatoms. The van der Waals surface area contributed by atoms with Crippen LogP contribution in [0, 0.1) is 5.92 Å². The molecule has 1 fully saturated rings. The summed E-state index contributed by atoms with van der Waals surface area (Å²) >= 11 is 13.1. The van der Waals surface area contributed by atoms with Gasteiger partial charge in [0.2, 0.25) is 5.91 Å². The van der Waals surface area contributed by atoms with Crippen molar-refractivity contribution in [1.29, 1.82) is 0 Å². The Balaban J connectivity index is 1.74. The van der Waals surface area contributed by atoms with E-state index in [0.29, 0.717) is 27.9 Å². The molecule has 4 nitrogen and oxygen atoms in total. The highest BCUT2D eigenvalue weighted by molar-refractivity contribution is 7.20. The van der Waals surface area contributed by atoms with Crippen LogP contribution in [0.5, 0.6) is 0 Å². The molecule has 1 atom stereocenters. The molecule has 0 saturated heterocycles. The number of halogens is 2. The maximum atomic E-state index is 11.7. The summed E-state index contributed by atoms with van der Waals surface area (Å²) in [6.45, 7) is 0. The first kappa shape index (κ1) is 15.6. The second kappa shape index (κ2) is 6.78. The van der Waals surface area contributed by atoms with Gasteiger partial charge < -0.3 is 10.4 Å². The van der Waals surface area contributed by atoms with Crippen LogP contribution in [0.4, 0.5) is 0 Å². The molecule has 1 saturated carbocycles. The molecule has 1 aromatic rings. The summed E-state index contributed by atoms with van der Waals surface area (Å²) < 4.78 is 1.28. The maximum absolute atomic E-state index is 11.7. The third-order valence-electron chi connectivity index (χ3n) is 3.25. The average Bonchev–Trinajstić information content (AvgIpc) is 3.13. The third-order valence-corrected chi connectivity index (χ3v) is 4.82. The number of amides is 1. The van der Waals surface area contributed by atoms with Gasteiger partial charge in [-0.3, -0.25) is 4.79 Å². The SMILES string of the molecule is O=C(CCCc1cc(Cl)sc1Cl)NC(C(=O)O)C1CC1. The number of nitrogens with one attached hydrogen (secondary N) is 1. The van der Waals surface area contributed by atoms with Gasteiger partial charge in [0.15, 0.2) is 0 Å². The Kier molecular flexibility index (Phi) is 5.29. The van der Waals surface area contributed by atoms with Crippen molar-refractivity contribution in [2.75, 3.05) is 0 Å². The van der Waals surface area contributed by atoms with E-state index in [1.807, 2.05) is 0 Å². The lowest BCUT2D eigenvalue weighted by Crippen LogP contribution is -2.42. The molecule has 20 heavy (non-hydrogen) atoms. The Bertz CT molecular complexity index is 514. The van der Waals surface area contributed by atoms with E-state index in [1.165, 1.54) is 11.3 Å². The first-order chi connectivity index (χ1) is 9.47. The summed E-state index contributed by atoms with van der Waals surface area (Å²) in [5, 5.41) is 11.6. The highest BCUT2D eigenvalue weighted by Crippen LogP contribution is 2.33. The minimum Gasteiger partial charge on any atom is -0.480 e. The van der Waals surface area contributed by atoms with Gasteiger partial charge in [0.1, 0.15) is 6.04 Å². The number of aliphatic carboxylic acids is 1. The molecule has 0 aliphatic heterocycles. The Morgan fingerprint density at radius 2 is 2.15 bits per heavy atom. The average molecular weight is 336 g/mol. The zero-order valence-electron chi connectivity index (χ0n) is 10.7. The van der Waals surface area contributed by atoms with Crippen LogP contribution in [0.3, 0.4) is 0 Å². The predicted molar refractivity (Wildman–Crippen MR) is 79.6 cm³/mol. The molecular weight excluding hydrogens is 321 g/mol. The highest BCUT2D eigenvalue weighted by Gasteiger charge is 2.37. The van der Waals surface area contributed by atoms with Crippen molar-refractivity contribution in [3.8, 4) is 0 Å². The van der Waals surface area contributed by atoms with Gasteiger partial charge in [-0.2, -0.15) is 0 Å². The van der Waals surface area contributed by atoms with Gasteiger partial charge in [-0.1, -0.05) is 23.2 Å². The number of thiophene rings is 1. The molecule has 0 bridgehead atoms. The molecule has 1 aromatic heterocycles. The van der Waals surface area contributed by atoms with Crippen molar-refractivity contribution in [2.24, 2.45) is 5.92 Å². The van der Waals surface area contributed by atoms with Crippen molar-refractivity contribution < 1.29 is 14.7 Å². The number of carboxylic acids is 1. The monoisotopic (exact) mass is 335 g/mol. The van der Waals surface area contributed by atoms with Gasteiger partial charge in [-0.25, -0.2) is 4.79 Å². The fourth-order valence-corrected chi connectivity index (χ4v) is 3.59. The van der Waals surface area contributed by atoms with E-state index < -0.39 is 12.0 Å². The third kappa shape index (κ3) is 4.36. The zero-order valence-corrected chi connectivity index (χ0v) is 13.0. The van der Waals surface area contributed by atoms with E-state index >= 15 is 0 Å². The van der Waals surface area contributed by atoms with E-state index in [1.54, 1.807) is 6.07 Å². The summed E-state index contributed by atoms with van der Waals surface area (Å²) in [5.74, 6) is -1.07. The van der Waals surface area contributed by atoms with Gasteiger partial charge in [0.05, 0.1) is 8.67 Å². The highest BCUT2D eigenvalue weighted by atomic mass is 35.5.